The Labute approximate surface area is 180 Å². The van der Waals surface area contributed by atoms with E-state index in [0.717, 1.165) is 41.3 Å². The number of ether oxygens (including phenoxy) is 3. The number of fused-ring (bicyclic) bond motifs is 1. The fourth-order valence-electron chi connectivity index (χ4n) is 3.81. The average Bonchev–Trinajstić information content (AvgIpc) is 3.26. The van der Waals surface area contributed by atoms with E-state index in [2.05, 4.69) is 10.3 Å². The van der Waals surface area contributed by atoms with E-state index in [4.69, 9.17) is 36.5 Å². The van der Waals surface area contributed by atoms with Crippen molar-refractivity contribution in [3.63, 3.8) is 0 Å². The van der Waals surface area contributed by atoms with E-state index in [1.54, 1.807) is 26.5 Å². The second-order valence-corrected chi connectivity index (χ2v) is 7.68. The van der Waals surface area contributed by atoms with Crippen molar-refractivity contribution in [2.75, 3.05) is 38.4 Å². The van der Waals surface area contributed by atoms with Crippen molar-refractivity contribution in [3.05, 3.63) is 35.0 Å². The van der Waals surface area contributed by atoms with Gasteiger partial charge in [-0.2, -0.15) is 0 Å². The van der Waals surface area contributed by atoms with Crippen molar-refractivity contribution in [2.45, 2.75) is 25.9 Å². The summed E-state index contributed by atoms with van der Waals surface area (Å²) in [6.45, 7) is 3.42. The fourth-order valence-corrected chi connectivity index (χ4v) is 4.18. The highest BCUT2D eigenvalue weighted by atomic mass is 35.5. The zero-order valence-corrected chi connectivity index (χ0v) is 18.0. The third-order valence-electron chi connectivity index (χ3n) is 5.40. The number of methoxy groups -OCH3 is 2. The van der Waals surface area contributed by atoms with Gasteiger partial charge in [-0.3, -0.25) is 0 Å². The highest BCUT2D eigenvalue weighted by Crippen LogP contribution is 2.43. The molecule has 0 amide bonds. The minimum Gasteiger partial charge on any atom is -0.496 e. The lowest BCUT2D eigenvalue weighted by Crippen LogP contribution is -2.19. The summed E-state index contributed by atoms with van der Waals surface area (Å²) in [5.74, 6) is 2.36. The van der Waals surface area contributed by atoms with Crippen LogP contribution in [0.15, 0.2) is 24.4 Å². The van der Waals surface area contributed by atoms with Crippen LogP contribution in [-0.4, -0.2) is 43.4 Å². The van der Waals surface area contributed by atoms with Crippen LogP contribution in [0.2, 0.25) is 5.02 Å². The number of nitrogens with zero attached hydrogens (tertiary/aromatic N) is 2. The highest BCUT2D eigenvalue weighted by molar-refractivity contribution is 6.35. The van der Waals surface area contributed by atoms with Gasteiger partial charge in [0.15, 0.2) is 0 Å². The molecule has 1 aliphatic heterocycles. The molecule has 7 nitrogen and oxygen atoms in total. The molecular formula is C22H25ClN4O3. The van der Waals surface area contributed by atoms with Crippen LogP contribution in [0, 0.1) is 6.92 Å². The van der Waals surface area contributed by atoms with Crippen LogP contribution in [0.3, 0.4) is 0 Å². The van der Waals surface area contributed by atoms with Crippen LogP contribution in [-0.2, 0) is 4.74 Å². The zero-order valence-electron chi connectivity index (χ0n) is 17.3. The SMILES string of the molecule is COc1cc(OC)c(Cl)c(-c2cc3cnc(N)cc3c(NCC3CCCO3)n2)c1C. The van der Waals surface area contributed by atoms with Crippen molar-refractivity contribution in [2.24, 2.45) is 0 Å². The van der Waals surface area contributed by atoms with Gasteiger partial charge < -0.3 is 25.3 Å². The molecule has 0 bridgehead atoms. The number of hydrogen-bond donors (Lipinski definition) is 2. The zero-order chi connectivity index (χ0) is 21.3. The van der Waals surface area contributed by atoms with Crippen LogP contribution in [0.1, 0.15) is 18.4 Å². The van der Waals surface area contributed by atoms with E-state index in [1.807, 2.05) is 19.1 Å². The maximum atomic E-state index is 6.69. The monoisotopic (exact) mass is 428 g/mol. The van der Waals surface area contributed by atoms with Crippen LogP contribution < -0.4 is 20.5 Å². The molecule has 0 spiro atoms. The van der Waals surface area contributed by atoms with E-state index < -0.39 is 0 Å². The lowest BCUT2D eigenvalue weighted by molar-refractivity contribution is 0.120. The van der Waals surface area contributed by atoms with E-state index in [-0.39, 0.29) is 6.10 Å². The fraction of sp³-hybridized carbons (Fsp3) is 0.364. The van der Waals surface area contributed by atoms with Gasteiger partial charge in [0.1, 0.15) is 23.1 Å². The highest BCUT2D eigenvalue weighted by Gasteiger charge is 2.21. The molecule has 158 valence electrons. The van der Waals surface area contributed by atoms with Gasteiger partial charge >= 0.3 is 0 Å². The first kappa shape index (κ1) is 20.5. The van der Waals surface area contributed by atoms with Crippen LogP contribution in [0.5, 0.6) is 11.5 Å². The number of nitrogens with one attached hydrogen (secondary N) is 1. The molecule has 1 aromatic carbocycles. The van der Waals surface area contributed by atoms with Gasteiger partial charge in [-0.25, -0.2) is 9.97 Å². The number of benzene rings is 1. The first-order valence-corrected chi connectivity index (χ1v) is 10.2. The van der Waals surface area contributed by atoms with E-state index in [9.17, 15) is 0 Å². The Bertz CT molecular complexity index is 1060. The molecule has 0 saturated carbocycles. The van der Waals surface area contributed by atoms with Gasteiger partial charge in [0, 0.05) is 47.3 Å². The number of nitrogens with two attached hydrogens (primary N) is 1. The minimum atomic E-state index is 0.173. The summed E-state index contributed by atoms with van der Waals surface area (Å²) in [6, 6.07) is 5.55. The predicted molar refractivity (Wildman–Crippen MR) is 120 cm³/mol. The summed E-state index contributed by atoms with van der Waals surface area (Å²) in [6.07, 6.45) is 4.03. The molecule has 3 aromatic rings. The smallest absolute Gasteiger partial charge is 0.141 e. The van der Waals surface area contributed by atoms with E-state index >= 15 is 0 Å². The molecule has 1 aliphatic rings. The summed E-state index contributed by atoms with van der Waals surface area (Å²) >= 11 is 6.69. The normalized spacial score (nSPS) is 16.1. The van der Waals surface area contributed by atoms with Crippen molar-refractivity contribution in [1.29, 1.82) is 0 Å². The third-order valence-corrected chi connectivity index (χ3v) is 5.77. The molecule has 30 heavy (non-hydrogen) atoms. The average molecular weight is 429 g/mol. The summed E-state index contributed by atoms with van der Waals surface area (Å²) in [5.41, 5.74) is 8.27. The Morgan fingerprint density at radius 2 is 2.03 bits per heavy atom. The molecule has 4 rings (SSSR count). The van der Waals surface area contributed by atoms with E-state index in [0.29, 0.717) is 40.4 Å². The summed E-state index contributed by atoms with van der Waals surface area (Å²) < 4.78 is 16.7. The van der Waals surface area contributed by atoms with Crippen LogP contribution in [0.25, 0.3) is 22.0 Å². The Morgan fingerprint density at radius 1 is 1.23 bits per heavy atom. The molecule has 3 heterocycles. The molecule has 1 saturated heterocycles. The molecule has 8 heteroatoms. The largest absolute Gasteiger partial charge is 0.496 e. The van der Waals surface area contributed by atoms with Gasteiger partial charge in [0.2, 0.25) is 0 Å². The summed E-state index contributed by atoms with van der Waals surface area (Å²) in [5, 5.41) is 5.72. The molecule has 2 aromatic heterocycles. The Kier molecular flexibility index (Phi) is 5.83. The van der Waals surface area contributed by atoms with Crippen LogP contribution >= 0.6 is 11.6 Å². The number of halogens is 1. The first-order chi connectivity index (χ1) is 14.5. The van der Waals surface area contributed by atoms with Crippen molar-refractivity contribution >= 4 is 34.0 Å². The summed E-state index contributed by atoms with van der Waals surface area (Å²) in [7, 11) is 3.20. The van der Waals surface area contributed by atoms with Crippen LogP contribution in [0.4, 0.5) is 11.6 Å². The molecule has 1 unspecified atom stereocenters. The van der Waals surface area contributed by atoms with E-state index in [1.165, 1.54) is 0 Å². The standard InChI is InChI=1S/C22H25ClN4O3/c1-12-17(28-2)9-18(29-3)21(23)20(12)16-7-13-10-25-19(24)8-15(13)22(27-16)26-11-14-5-4-6-30-14/h7-10,14H,4-6,11H2,1-3H3,(H2,24,25)(H,26,27). The van der Waals surface area contributed by atoms with Gasteiger partial charge in [-0.15, -0.1) is 0 Å². The maximum absolute atomic E-state index is 6.69. The molecule has 1 atom stereocenters. The molecule has 3 N–H and O–H groups in total. The van der Waals surface area contributed by atoms with Gasteiger partial charge in [-0.1, -0.05) is 11.6 Å². The predicted octanol–water partition coefficient (Wildman–Crippen LogP) is 4.45. The number of rotatable bonds is 6. The minimum absolute atomic E-state index is 0.173. The Balaban J connectivity index is 1.86. The van der Waals surface area contributed by atoms with Crippen molar-refractivity contribution in [3.8, 4) is 22.8 Å². The van der Waals surface area contributed by atoms with Gasteiger partial charge in [0.25, 0.3) is 0 Å². The lowest BCUT2D eigenvalue weighted by atomic mass is 10.0. The first-order valence-electron chi connectivity index (χ1n) is 9.85. The maximum Gasteiger partial charge on any atom is 0.141 e. The number of nitrogen functional groups attached to an aromatic ring is 1. The second kappa shape index (κ2) is 8.53. The molecule has 0 aliphatic carbocycles. The molecular weight excluding hydrogens is 404 g/mol. The summed E-state index contributed by atoms with van der Waals surface area (Å²) in [4.78, 5) is 9.15. The topological polar surface area (TPSA) is 91.5 Å². The van der Waals surface area contributed by atoms with Gasteiger partial charge in [-0.05, 0) is 31.9 Å². The second-order valence-electron chi connectivity index (χ2n) is 7.30. The third kappa shape index (κ3) is 3.82. The lowest BCUT2D eigenvalue weighted by Gasteiger charge is -2.18. The van der Waals surface area contributed by atoms with Crippen molar-refractivity contribution in [1.82, 2.24) is 9.97 Å². The molecule has 1 fully saturated rings. The number of hydrogen-bond acceptors (Lipinski definition) is 7. The van der Waals surface area contributed by atoms with Crippen molar-refractivity contribution < 1.29 is 14.2 Å². The molecule has 0 radical (unpaired) electrons. The number of aromatic nitrogens is 2. The van der Waals surface area contributed by atoms with Gasteiger partial charge in [0.05, 0.1) is 31.0 Å². The quantitative estimate of drug-likeness (QED) is 0.599. The Hall–Kier alpha value is -2.77. The number of anilines is 2. The Morgan fingerprint density at radius 3 is 2.73 bits per heavy atom. The number of pyridine rings is 2.